The molecule has 0 saturated carbocycles. The summed E-state index contributed by atoms with van der Waals surface area (Å²) in [5.41, 5.74) is 1.10. The molecule has 5 nitrogen and oxygen atoms in total. The molecule has 2 rings (SSSR count). The fourth-order valence-electron chi connectivity index (χ4n) is 1.58. The van der Waals surface area contributed by atoms with Crippen LogP contribution in [0.4, 0.5) is 0 Å². The van der Waals surface area contributed by atoms with E-state index in [1.807, 2.05) is 0 Å². The maximum Gasteiger partial charge on any atom is 0.276 e. The molecule has 0 aliphatic carbocycles. The van der Waals surface area contributed by atoms with Gasteiger partial charge in [-0.2, -0.15) is 18.4 Å². The zero-order valence-electron chi connectivity index (χ0n) is 10.8. The normalized spacial score (nSPS) is 12.2. The van der Waals surface area contributed by atoms with Crippen LogP contribution in [-0.2, 0) is 10.0 Å². The minimum atomic E-state index is -3.67. The van der Waals surface area contributed by atoms with E-state index in [1.165, 1.54) is 24.3 Å². The smallest absolute Gasteiger partial charge is 0.276 e. The van der Waals surface area contributed by atoms with Crippen molar-refractivity contribution in [3.63, 3.8) is 0 Å². The van der Waals surface area contributed by atoms with Crippen LogP contribution in [0.1, 0.15) is 12.5 Å². The first-order valence-electron chi connectivity index (χ1n) is 5.89. The molecule has 0 heterocycles. The standard InChI is InChI=1S/C14H14N2O3S/c1-11(12-6-5-7-13(17)10-12)15-16-20(18,19)14-8-3-2-4-9-14/h2-10,16-17H,1H3/b15-11-. The second kappa shape index (κ2) is 5.75. The Morgan fingerprint density at radius 1 is 1.10 bits per heavy atom. The molecule has 0 unspecified atom stereocenters. The van der Waals surface area contributed by atoms with E-state index in [4.69, 9.17) is 0 Å². The van der Waals surface area contributed by atoms with Crippen LogP contribution in [-0.4, -0.2) is 19.2 Å². The minimum absolute atomic E-state index is 0.1000. The van der Waals surface area contributed by atoms with E-state index in [0.29, 0.717) is 11.3 Å². The predicted octanol–water partition coefficient (Wildman–Crippen LogP) is 2.09. The predicted molar refractivity (Wildman–Crippen MR) is 77.1 cm³/mol. The van der Waals surface area contributed by atoms with Gasteiger partial charge in [-0.1, -0.05) is 30.3 Å². The van der Waals surface area contributed by atoms with Crippen LogP contribution in [0.2, 0.25) is 0 Å². The third-order valence-electron chi connectivity index (χ3n) is 2.65. The molecule has 0 spiro atoms. The monoisotopic (exact) mass is 290 g/mol. The number of aromatic hydroxyl groups is 1. The molecule has 0 aliphatic rings. The van der Waals surface area contributed by atoms with E-state index in [9.17, 15) is 13.5 Å². The molecule has 0 atom stereocenters. The number of phenolic OH excluding ortho intramolecular Hbond substituents is 1. The fraction of sp³-hybridized carbons (Fsp3) is 0.0714. The average Bonchev–Trinajstić information content (AvgIpc) is 2.46. The maximum atomic E-state index is 12.0. The SMILES string of the molecule is C/C(=N/NS(=O)(=O)c1ccccc1)c1cccc(O)c1. The first kappa shape index (κ1) is 14.1. The molecule has 0 aliphatic heterocycles. The van der Waals surface area contributed by atoms with E-state index in [2.05, 4.69) is 9.93 Å². The van der Waals surface area contributed by atoms with Gasteiger partial charge in [0.25, 0.3) is 10.0 Å². The highest BCUT2D eigenvalue weighted by Crippen LogP contribution is 2.12. The summed E-state index contributed by atoms with van der Waals surface area (Å²) in [5, 5.41) is 13.2. The zero-order valence-corrected chi connectivity index (χ0v) is 11.6. The van der Waals surface area contributed by atoms with Crippen LogP contribution in [0, 0.1) is 0 Å². The molecule has 0 aromatic heterocycles. The van der Waals surface area contributed by atoms with Crippen LogP contribution in [0.25, 0.3) is 0 Å². The first-order chi connectivity index (χ1) is 9.49. The van der Waals surface area contributed by atoms with Crippen molar-refractivity contribution in [3.8, 4) is 5.75 Å². The van der Waals surface area contributed by atoms with Crippen molar-refractivity contribution in [1.29, 1.82) is 0 Å². The topological polar surface area (TPSA) is 78.8 Å². The van der Waals surface area contributed by atoms with Gasteiger partial charge in [-0.3, -0.25) is 0 Å². The third-order valence-corrected chi connectivity index (χ3v) is 3.88. The lowest BCUT2D eigenvalue weighted by Crippen LogP contribution is -2.19. The van der Waals surface area contributed by atoms with Gasteiger partial charge in [-0.05, 0) is 31.2 Å². The summed E-state index contributed by atoms with van der Waals surface area (Å²) in [5.74, 6) is 0.1000. The molecule has 2 N–H and O–H groups in total. The largest absolute Gasteiger partial charge is 0.508 e. The van der Waals surface area contributed by atoms with E-state index < -0.39 is 10.0 Å². The summed E-state index contributed by atoms with van der Waals surface area (Å²) in [6.07, 6.45) is 0. The second-order valence-electron chi connectivity index (χ2n) is 4.16. The Labute approximate surface area is 117 Å². The quantitative estimate of drug-likeness (QED) is 0.668. The number of rotatable bonds is 4. The summed E-state index contributed by atoms with van der Waals surface area (Å²) in [6, 6.07) is 14.4. The summed E-state index contributed by atoms with van der Waals surface area (Å²) < 4.78 is 23.9. The Morgan fingerprint density at radius 2 is 1.80 bits per heavy atom. The van der Waals surface area contributed by atoms with Crippen molar-refractivity contribution in [2.75, 3.05) is 0 Å². The highest BCUT2D eigenvalue weighted by atomic mass is 32.2. The Balaban J connectivity index is 2.21. The molecule has 2 aromatic carbocycles. The summed E-state index contributed by atoms with van der Waals surface area (Å²) in [4.78, 5) is 2.32. The van der Waals surface area contributed by atoms with Gasteiger partial charge in [0, 0.05) is 5.56 Å². The van der Waals surface area contributed by atoms with E-state index in [1.54, 1.807) is 37.3 Å². The number of nitrogens with zero attached hydrogens (tertiary/aromatic N) is 1. The maximum absolute atomic E-state index is 12.0. The number of phenols is 1. The van der Waals surface area contributed by atoms with Crippen LogP contribution >= 0.6 is 0 Å². The van der Waals surface area contributed by atoms with Gasteiger partial charge in [0.05, 0.1) is 10.6 Å². The lowest BCUT2D eigenvalue weighted by molar-refractivity contribution is 0.475. The summed E-state index contributed by atoms with van der Waals surface area (Å²) in [6.45, 7) is 1.66. The number of hydrogen-bond donors (Lipinski definition) is 2. The zero-order chi connectivity index (χ0) is 14.6. The molecule has 0 radical (unpaired) electrons. The lowest BCUT2D eigenvalue weighted by atomic mass is 10.1. The third kappa shape index (κ3) is 3.36. The number of hydrogen-bond acceptors (Lipinski definition) is 4. The number of hydrazone groups is 1. The van der Waals surface area contributed by atoms with Crippen molar-refractivity contribution < 1.29 is 13.5 Å². The molecule has 2 aromatic rings. The molecule has 0 fully saturated rings. The molecule has 104 valence electrons. The Bertz CT molecular complexity index is 725. The van der Waals surface area contributed by atoms with Crippen molar-refractivity contribution in [2.45, 2.75) is 11.8 Å². The van der Waals surface area contributed by atoms with Gasteiger partial charge in [-0.15, -0.1) is 0 Å². The van der Waals surface area contributed by atoms with Crippen LogP contribution in [0.3, 0.4) is 0 Å². The van der Waals surface area contributed by atoms with Crippen molar-refractivity contribution >= 4 is 15.7 Å². The summed E-state index contributed by atoms with van der Waals surface area (Å²) >= 11 is 0. The Morgan fingerprint density at radius 3 is 2.45 bits per heavy atom. The van der Waals surface area contributed by atoms with Crippen molar-refractivity contribution in [2.24, 2.45) is 5.10 Å². The van der Waals surface area contributed by atoms with Gasteiger partial charge < -0.3 is 5.11 Å². The molecule has 0 bridgehead atoms. The molecule has 0 saturated heterocycles. The average molecular weight is 290 g/mol. The summed E-state index contributed by atoms with van der Waals surface area (Å²) in [7, 11) is -3.67. The van der Waals surface area contributed by atoms with Crippen molar-refractivity contribution in [1.82, 2.24) is 4.83 Å². The Hall–Kier alpha value is -2.34. The number of sulfonamides is 1. The van der Waals surface area contributed by atoms with E-state index >= 15 is 0 Å². The van der Waals surface area contributed by atoms with Crippen LogP contribution in [0.5, 0.6) is 5.75 Å². The van der Waals surface area contributed by atoms with Crippen molar-refractivity contribution in [3.05, 3.63) is 60.2 Å². The number of nitrogens with one attached hydrogen (secondary N) is 1. The van der Waals surface area contributed by atoms with Gasteiger partial charge in [-0.25, -0.2) is 0 Å². The lowest BCUT2D eigenvalue weighted by Gasteiger charge is -2.05. The number of benzene rings is 2. The highest BCUT2D eigenvalue weighted by Gasteiger charge is 2.12. The van der Waals surface area contributed by atoms with Crippen LogP contribution < -0.4 is 4.83 Å². The fourth-order valence-corrected chi connectivity index (χ4v) is 2.45. The van der Waals surface area contributed by atoms with Gasteiger partial charge >= 0.3 is 0 Å². The Kier molecular flexibility index (Phi) is 4.05. The second-order valence-corrected chi connectivity index (χ2v) is 5.82. The minimum Gasteiger partial charge on any atom is -0.508 e. The molecular weight excluding hydrogens is 276 g/mol. The first-order valence-corrected chi connectivity index (χ1v) is 7.38. The van der Waals surface area contributed by atoms with Gasteiger partial charge in [0.15, 0.2) is 0 Å². The molecule has 0 amide bonds. The van der Waals surface area contributed by atoms with E-state index in [-0.39, 0.29) is 10.6 Å². The molecule has 6 heteroatoms. The highest BCUT2D eigenvalue weighted by molar-refractivity contribution is 7.89. The molecular formula is C14H14N2O3S. The van der Waals surface area contributed by atoms with Gasteiger partial charge in [0.1, 0.15) is 5.75 Å². The van der Waals surface area contributed by atoms with Gasteiger partial charge in [0.2, 0.25) is 0 Å². The van der Waals surface area contributed by atoms with Crippen LogP contribution in [0.15, 0.2) is 64.6 Å². The van der Waals surface area contributed by atoms with E-state index in [0.717, 1.165) is 0 Å². The molecule has 20 heavy (non-hydrogen) atoms.